The Hall–Kier alpha value is -1.36. The lowest BCUT2D eigenvalue weighted by atomic mass is 10.1. The van der Waals surface area contributed by atoms with Crippen molar-refractivity contribution in [1.29, 1.82) is 0 Å². The van der Waals surface area contributed by atoms with Gasteiger partial charge in [0.25, 0.3) is 5.91 Å². The van der Waals surface area contributed by atoms with Crippen molar-refractivity contribution in [3.05, 3.63) is 21.4 Å². The van der Waals surface area contributed by atoms with E-state index in [0.29, 0.717) is 12.5 Å². The average Bonchev–Trinajstić information content (AvgIpc) is 2.70. The third-order valence-electron chi connectivity index (χ3n) is 2.49. The maximum absolute atomic E-state index is 11.8. The molecule has 0 spiro atoms. The third kappa shape index (κ3) is 1.95. The molecule has 2 N–H and O–H groups in total. The number of hydrogen-bond acceptors (Lipinski definition) is 3. The summed E-state index contributed by atoms with van der Waals surface area (Å²) in [6.07, 6.45) is 0. The molecule has 0 aromatic carbocycles. The second kappa shape index (κ2) is 4.25. The van der Waals surface area contributed by atoms with Gasteiger partial charge in [-0.3, -0.25) is 15.1 Å². The minimum absolute atomic E-state index is 0.0203. The average molecular weight is 237 g/mol. The molecule has 86 valence electrons. The van der Waals surface area contributed by atoms with Crippen LogP contribution in [0.25, 0.3) is 0 Å². The van der Waals surface area contributed by atoms with Crippen molar-refractivity contribution >= 4 is 23.2 Å². The predicted molar refractivity (Wildman–Crippen MR) is 65.8 cm³/mol. The summed E-state index contributed by atoms with van der Waals surface area (Å²) in [5.41, 5.74) is 1.06. The highest BCUT2D eigenvalue weighted by molar-refractivity contribution is 7.12. The summed E-state index contributed by atoms with van der Waals surface area (Å²) in [7, 11) is 0. The zero-order chi connectivity index (χ0) is 11.7. The fourth-order valence-electron chi connectivity index (χ4n) is 1.83. The molecule has 4 nitrogen and oxygen atoms in total. The van der Waals surface area contributed by atoms with Gasteiger partial charge in [0, 0.05) is 16.3 Å². The smallest absolute Gasteiger partial charge is 0.253 e. The van der Waals surface area contributed by atoms with Crippen LogP contribution in [0, 0.1) is 13.8 Å². The number of guanidine groups is 1. The summed E-state index contributed by atoms with van der Waals surface area (Å²) in [6.45, 7) is 6.69. The third-order valence-corrected chi connectivity index (χ3v) is 3.47. The summed E-state index contributed by atoms with van der Waals surface area (Å²) < 4.78 is 0. The second-order valence-corrected chi connectivity index (χ2v) is 5.22. The molecule has 1 amide bonds. The first-order valence-corrected chi connectivity index (χ1v) is 6.12. The highest BCUT2D eigenvalue weighted by atomic mass is 32.1. The molecule has 0 saturated carbocycles. The van der Waals surface area contributed by atoms with E-state index in [-0.39, 0.29) is 11.9 Å². The Morgan fingerprint density at radius 1 is 1.50 bits per heavy atom. The quantitative estimate of drug-likeness (QED) is 0.819. The van der Waals surface area contributed by atoms with Crippen molar-refractivity contribution in [2.24, 2.45) is 4.99 Å². The van der Waals surface area contributed by atoms with E-state index >= 15 is 0 Å². The van der Waals surface area contributed by atoms with E-state index < -0.39 is 0 Å². The van der Waals surface area contributed by atoms with Crippen molar-refractivity contribution < 1.29 is 4.79 Å². The number of thiophene rings is 1. The van der Waals surface area contributed by atoms with Crippen LogP contribution in [-0.4, -0.2) is 18.4 Å². The Morgan fingerprint density at radius 3 is 2.81 bits per heavy atom. The van der Waals surface area contributed by atoms with Gasteiger partial charge in [-0.15, -0.1) is 11.3 Å². The summed E-state index contributed by atoms with van der Waals surface area (Å²) in [5, 5.41) is 5.85. The zero-order valence-corrected chi connectivity index (χ0v) is 10.4. The van der Waals surface area contributed by atoms with Crippen LogP contribution in [0.1, 0.15) is 28.3 Å². The molecule has 1 fully saturated rings. The number of hydrogen-bond donors (Lipinski definition) is 2. The Balaban J connectivity index is 2.26. The summed E-state index contributed by atoms with van der Waals surface area (Å²) in [5.74, 6) is 0.564. The van der Waals surface area contributed by atoms with Crippen LogP contribution in [0.5, 0.6) is 0 Å². The van der Waals surface area contributed by atoms with Crippen molar-refractivity contribution in [3.63, 3.8) is 0 Å². The minimum Gasteiger partial charge on any atom is -0.340 e. The Labute approximate surface area is 98.8 Å². The molecule has 1 atom stereocenters. The number of carbonyl (C=O) groups excluding carboxylic acids is 1. The molecule has 1 saturated heterocycles. The van der Waals surface area contributed by atoms with Crippen molar-refractivity contribution in [2.45, 2.75) is 26.8 Å². The van der Waals surface area contributed by atoms with Gasteiger partial charge in [0.15, 0.2) is 5.96 Å². The fourth-order valence-corrected chi connectivity index (χ4v) is 2.79. The highest BCUT2D eigenvalue weighted by Gasteiger charge is 2.31. The molecular weight excluding hydrogens is 222 g/mol. The van der Waals surface area contributed by atoms with Crippen LogP contribution in [0.15, 0.2) is 11.1 Å². The van der Waals surface area contributed by atoms with Gasteiger partial charge in [-0.05, 0) is 32.4 Å². The topological polar surface area (TPSA) is 53.5 Å². The van der Waals surface area contributed by atoms with Crippen LogP contribution in [0.3, 0.4) is 0 Å². The van der Waals surface area contributed by atoms with Gasteiger partial charge >= 0.3 is 0 Å². The van der Waals surface area contributed by atoms with Gasteiger partial charge in [-0.25, -0.2) is 0 Å². The molecular formula is C11H15N3OS. The lowest BCUT2D eigenvalue weighted by Gasteiger charge is -2.06. The molecule has 1 aromatic rings. The summed E-state index contributed by atoms with van der Waals surface area (Å²) in [4.78, 5) is 18.3. The number of amides is 1. The molecule has 2 heterocycles. The first kappa shape index (κ1) is 11.1. The van der Waals surface area contributed by atoms with Crippen molar-refractivity contribution in [1.82, 2.24) is 10.6 Å². The number of nitrogens with one attached hydrogen (secondary N) is 2. The largest absolute Gasteiger partial charge is 0.340 e. The predicted octanol–water partition coefficient (Wildman–Crippen LogP) is 1.50. The van der Waals surface area contributed by atoms with E-state index in [1.54, 1.807) is 11.3 Å². The number of carbonyl (C=O) groups is 1. The highest BCUT2D eigenvalue weighted by Crippen LogP contribution is 2.27. The second-order valence-electron chi connectivity index (χ2n) is 3.76. The maximum atomic E-state index is 11.8. The Morgan fingerprint density at radius 2 is 2.25 bits per heavy atom. The maximum Gasteiger partial charge on any atom is 0.253 e. The van der Waals surface area contributed by atoms with Gasteiger partial charge in [-0.1, -0.05) is 0 Å². The first-order valence-electron chi connectivity index (χ1n) is 5.30. The minimum atomic E-state index is -0.282. The van der Waals surface area contributed by atoms with Crippen LogP contribution >= 0.6 is 11.3 Å². The van der Waals surface area contributed by atoms with Gasteiger partial charge in [-0.2, -0.15) is 0 Å². The summed E-state index contributed by atoms with van der Waals surface area (Å²) >= 11 is 1.71. The molecule has 16 heavy (non-hydrogen) atoms. The first-order chi connectivity index (χ1) is 7.61. The van der Waals surface area contributed by atoms with Crippen molar-refractivity contribution in [3.8, 4) is 0 Å². The number of aryl methyl sites for hydroxylation is 2. The zero-order valence-electron chi connectivity index (χ0n) is 9.63. The van der Waals surface area contributed by atoms with E-state index in [1.165, 1.54) is 9.75 Å². The van der Waals surface area contributed by atoms with Gasteiger partial charge in [0.2, 0.25) is 0 Å². The van der Waals surface area contributed by atoms with Crippen LogP contribution < -0.4 is 10.6 Å². The van der Waals surface area contributed by atoms with Crippen LogP contribution in [-0.2, 0) is 4.79 Å². The van der Waals surface area contributed by atoms with E-state index in [2.05, 4.69) is 28.6 Å². The molecule has 1 aliphatic rings. The van der Waals surface area contributed by atoms with E-state index in [9.17, 15) is 4.79 Å². The number of aliphatic imine (C=N–C) groups is 1. The molecule has 1 aromatic heterocycles. The normalized spacial score (nSPS) is 22.3. The SMILES string of the molecule is CCN=C1NC(=O)C(c2cc(C)sc2C)N1. The number of rotatable bonds is 2. The molecule has 0 radical (unpaired) electrons. The molecule has 0 bridgehead atoms. The van der Waals surface area contributed by atoms with Gasteiger partial charge < -0.3 is 5.32 Å². The monoisotopic (exact) mass is 237 g/mol. The Bertz CT molecular complexity index is 450. The fraction of sp³-hybridized carbons (Fsp3) is 0.455. The van der Waals surface area contributed by atoms with E-state index in [0.717, 1.165) is 5.56 Å². The lowest BCUT2D eigenvalue weighted by molar-refractivity contribution is -0.120. The van der Waals surface area contributed by atoms with Crippen molar-refractivity contribution in [2.75, 3.05) is 6.54 Å². The van der Waals surface area contributed by atoms with Crippen LogP contribution in [0.4, 0.5) is 0 Å². The van der Waals surface area contributed by atoms with E-state index in [1.807, 2.05) is 13.8 Å². The Kier molecular flexibility index (Phi) is 2.96. The molecule has 1 aliphatic heterocycles. The molecule has 2 rings (SSSR count). The van der Waals surface area contributed by atoms with Gasteiger partial charge in [0.05, 0.1) is 0 Å². The van der Waals surface area contributed by atoms with E-state index in [4.69, 9.17) is 0 Å². The van der Waals surface area contributed by atoms with Crippen LogP contribution in [0.2, 0.25) is 0 Å². The lowest BCUT2D eigenvalue weighted by Crippen LogP contribution is -2.25. The summed E-state index contributed by atoms with van der Waals surface area (Å²) in [6, 6.07) is 1.78. The standard InChI is InChI=1S/C11H15N3OS/c1-4-12-11-13-9(10(15)14-11)8-5-6(2)16-7(8)3/h5,9H,4H2,1-3H3,(H2,12,13,14,15). The van der Waals surface area contributed by atoms with Gasteiger partial charge in [0.1, 0.15) is 6.04 Å². The molecule has 5 heteroatoms. The number of nitrogens with zero attached hydrogens (tertiary/aromatic N) is 1. The molecule has 1 unspecified atom stereocenters. The molecule has 0 aliphatic carbocycles.